The Morgan fingerprint density at radius 2 is 2.00 bits per heavy atom. The van der Waals surface area contributed by atoms with E-state index in [1.807, 2.05) is 13.8 Å². The maximum atomic E-state index is 12.9. The van der Waals surface area contributed by atoms with E-state index in [-0.39, 0.29) is 17.8 Å². The number of hydrogen-bond acceptors (Lipinski definition) is 3. The van der Waals surface area contributed by atoms with Crippen molar-refractivity contribution in [1.82, 2.24) is 5.32 Å². The number of benzene rings is 1. The Morgan fingerprint density at radius 1 is 1.35 bits per heavy atom. The van der Waals surface area contributed by atoms with Crippen LogP contribution in [-0.2, 0) is 4.79 Å². The zero-order chi connectivity index (χ0) is 15.0. The van der Waals surface area contributed by atoms with Gasteiger partial charge in [-0.1, -0.05) is 6.92 Å². The summed E-state index contributed by atoms with van der Waals surface area (Å²) in [5, 5.41) is 3.15. The first-order valence-corrected chi connectivity index (χ1v) is 7.11. The van der Waals surface area contributed by atoms with Crippen LogP contribution in [-0.4, -0.2) is 31.6 Å². The van der Waals surface area contributed by atoms with E-state index in [1.165, 1.54) is 12.1 Å². The SMILES string of the molecule is CCCNC(CCN(CC)c1ccc(F)cc1)C(N)=O. The number of nitrogens with one attached hydrogen (secondary N) is 1. The maximum absolute atomic E-state index is 12.9. The Hall–Kier alpha value is -1.62. The number of carbonyl (C=O) groups is 1. The van der Waals surface area contributed by atoms with Crippen LogP contribution >= 0.6 is 0 Å². The van der Waals surface area contributed by atoms with Gasteiger partial charge in [-0.2, -0.15) is 0 Å². The second-order valence-corrected chi connectivity index (χ2v) is 4.75. The van der Waals surface area contributed by atoms with Crippen LogP contribution in [0, 0.1) is 5.82 Å². The zero-order valence-corrected chi connectivity index (χ0v) is 12.2. The number of anilines is 1. The summed E-state index contributed by atoms with van der Waals surface area (Å²) >= 11 is 0. The maximum Gasteiger partial charge on any atom is 0.234 e. The number of halogens is 1. The summed E-state index contributed by atoms with van der Waals surface area (Å²) in [5.74, 6) is -0.571. The Kier molecular flexibility index (Phi) is 7.01. The number of nitrogens with two attached hydrogens (primary N) is 1. The molecule has 112 valence electrons. The minimum atomic E-state index is -0.325. The minimum Gasteiger partial charge on any atom is -0.372 e. The summed E-state index contributed by atoms with van der Waals surface area (Å²) in [7, 11) is 0. The average Bonchev–Trinajstić information content (AvgIpc) is 2.44. The zero-order valence-electron chi connectivity index (χ0n) is 12.2. The molecule has 0 spiro atoms. The molecule has 0 bridgehead atoms. The van der Waals surface area contributed by atoms with E-state index < -0.39 is 0 Å². The second-order valence-electron chi connectivity index (χ2n) is 4.75. The van der Waals surface area contributed by atoms with Crippen LogP contribution in [0.3, 0.4) is 0 Å². The average molecular weight is 281 g/mol. The second kappa shape index (κ2) is 8.53. The number of nitrogens with zero attached hydrogens (tertiary/aromatic N) is 1. The van der Waals surface area contributed by atoms with Crippen molar-refractivity contribution in [3.8, 4) is 0 Å². The molecule has 1 amide bonds. The molecule has 0 aliphatic carbocycles. The Bertz CT molecular complexity index is 408. The van der Waals surface area contributed by atoms with Crippen LogP contribution in [0.5, 0.6) is 0 Å². The van der Waals surface area contributed by atoms with E-state index in [0.717, 1.165) is 25.2 Å². The molecule has 0 aliphatic rings. The predicted molar refractivity (Wildman–Crippen MR) is 80.2 cm³/mol. The topological polar surface area (TPSA) is 58.4 Å². The van der Waals surface area contributed by atoms with Crippen LogP contribution < -0.4 is 16.0 Å². The fourth-order valence-corrected chi connectivity index (χ4v) is 2.07. The van der Waals surface area contributed by atoms with E-state index in [2.05, 4.69) is 10.2 Å². The minimum absolute atomic E-state index is 0.246. The summed E-state index contributed by atoms with van der Waals surface area (Å²) in [5.41, 5.74) is 6.35. The van der Waals surface area contributed by atoms with Crippen LogP contribution in [0.2, 0.25) is 0 Å². The van der Waals surface area contributed by atoms with Crippen molar-refractivity contribution in [2.75, 3.05) is 24.5 Å². The van der Waals surface area contributed by atoms with Crippen molar-refractivity contribution >= 4 is 11.6 Å². The van der Waals surface area contributed by atoms with Crippen molar-refractivity contribution in [3.63, 3.8) is 0 Å². The molecule has 20 heavy (non-hydrogen) atoms. The molecule has 1 rings (SSSR count). The van der Waals surface area contributed by atoms with Gasteiger partial charge in [-0.05, 0) is 50.6 Å². The first kappa shape index (κ1) is 16.4. The summed E-state index contributed by atoms with van der Waals surface area (Å²) in [6, 6.07) is 6.07. The first-order valence-electron chi connectivity index (χ1n) is 7.11. The van der Waals surface area contributed by atoms with Gasteiger partial charge in [0.1, 0.15) is 5.82 Å². The largest absolute Gasteiger partial charge is 0.372 e. The monoisotopic (exact) mass is 281 g/mol. The third-order valence-corrected chi connectivity index (χ3v) is 3.25. The van der Waals surface area contributed by atoms with Gasteiger partial charge in [0, 0.05) is 18.8 Å². The van der Waals surface area contributed by atoms with E-state index >= 15 is 0 Å². The third-order valence-electron chi connectivity index (χ3n) is 3.25. The molecule has 1 unspecified atom stereocenters. The highest BCUT2D eigenvalue weighted by molar-refractivity contribution is 5.79. The summed E-state index contributed by atoms with van der Waals surface area (Å²) in [6.45, 7) is 6.34. The van der Waals surface area contributed by atoms with Gasteiger partial charge in [0.15, 0.2) is 0 Å². The molecule has 0 heterocycles. The van der Waals surface area contributed by atoms with Gasteiger partial charge in [0.25, 0.3) is 0 Å². The standard InChI is InChI=1S/C15H24FN3O/c1-3-10-18-14(15(17)20)9-11-19(4-2)13-7-5-12(16)6-8-13/h5-8,14,18H,3-4,9-11H2,1-2H3,(H2,17,20). The smallest absolute Gasteiger partial charge is 0.234 e. The fourth-order valence-electron chi connectivity index (χ4n) is 2.07. The number of carbonyl (C=O) groups excluding carboxylic acids is 1. The van der Waals surface area contributed by atoms with Crippen molar-refractivity contribution in [2.45, 2.75) is 32.7 Å². The third kappa shape index (κ3) is 5.17. The molecule has 1 aromatic carbocycles. The van der Waals surface area contributed by atoms with Crippen LogP contribution in [0.4, 0.5) is 10.1 Å². The van der Waals surface area contributed by atoms with Crippen LogP contribution in [0.15, 0.2) is 24.3 Å². The molecule has 0 radical (unpaired) electrons. The highest BCUT2D eigenvalue weighted by Crippen LogP contribution is 2.15. The van der Waals surface area contributed by atoms with E-state index in [1.54, 1.807) is 12.1 Å². The summed E-state index contributed by atoms with van der Waals surface area (Å²) in [4.78, 5) is 13.5. The lowest BCUT2D eigenvalue weighted by Crippen LogP contribution is -2.44. The van der Waals surface area contributed by atoms with Gasteiger partial charge < -0.3 is 16.0 Å². The molecule has 0 saturated carbocycles. The lowest BCUT2D eigenvalue weighted by Gasteiger charge is -2.25. The summed E-state index contributed by atoms with van der Waals surface area (Å²) in [6.07, 6.45) is 1.60. The molecule has 0 aliphatic heterocycles. The lowest BCUT2D eigenvalue weighted by atomic mass is 10.1. The van der Waals surface area contributed by atoms with Gasteiger partial charge >= 0.3 is 0 Å². The molecule has 0 fully saturated rings. The first-order chi connectivity index (χ1) is 9.58. The number of rotatable bonds is 9. The molecule has 4 nitrogen and oxygen atoms in total. The van der Waals surface area contributed by atoms with Gasteiger partial charge in [0.2, 0.25) is 5.91 Å². The Balaban J connectivity index is 2.58. The van der Waals surface area contributed by atoms with Gasteiger partial charge in [-0.15, -0.1) is 0 Å². The highest BCUT2D eigenvalue weighted by Gasteiger charge is 2.15. The summed E-state index contributed by atoms with van der Waals surface area (Å²) < 4.78 is 12.9. The van der Waals surface area contributed by atoms with Crippen molar-refractivity contribution in [1.29, 1.82) is 0 Å². The molecule has 3 N–H and O–H groups in total. The van der Waals surface area contributed by atoms with Gasteiger partial charge in [0.05, 0.1) is 6.04 Å². The highest BCUT2D eigenvalue weighted by atomic mass is 19.1. The predicted octanol–water partition coefficient (Wildman–Crippen LogP) is 1.90. The van der Waals surface area contributed by atoms with Crippen LogP contribution in [0.25, 0.3) is 0 Å². The molecule has 0 saturated heterocycles. The lowest BCUT2D eigenvalue weighted by molar-refractivity contribution is -0.120. The van der Waals surface area contributed by atoms with E-state index in [0.29, 0.717) is 13.0 Å². The molecule has 1 atom stereocenters. The normalized spacial score (nSPS) is 12.2. The number of amides is 1. The van der Waals surface area contributed by atoms with E-state index in [9.17, 15) is 9.18 Å². The number of hydrogen-bond donors (Lipinski definition) is 2. The Labute approximate surface area is 120 Å². The Morgan fingerprint density at radius 3 is 2.50 bits per heavy atom. The van der Waals surface area contributed by atoms with Gasteiger partial charge in [-0.25, -0.2) is 4.39 Å². The molecule has 5 heteroatoms. The van der Waals surface area contributed by atoms with Crippen LogP contribution in [0.1, 0.15) is 26.7 Å². The number of primary amides is 1. The van der Waals surface area contributed by atoms with Crippen molar-refractivity contribution in [3.05, 3.63) is 30.1 Å². The fraction of sp³-hybridized carbons (Fsp3) is 0.533. The molecular formula is C15H24FN3O. The van der Waals surface area contributed by atoms with Crippen molar-refractivity contribution < 1.29 is 9.18 Å². The van der Waals surface area contributed by atoms with Gasteiger partial charge in [-0.3, -0.25) is 4.79 Å². The van der Waals surface area contributed by atoms with E-state index in [4.69, 9.17) is 5.73 Å². The molecule has 0 aromatic heterocycles. The molecular weight excluding hydrogens is 257 g/mol. The van der Waals surface area contributed by atoms with Crippen molar-refractivity contribution in [2.24, 2.45) is 5.73 Å². The quantitative estimate of drug-likeness (QED) is 0.727. The molecule has 1 aromatic rings.